The molecule has 0 saturated carbocycles. The van der Waals surface area contributed by atoms with Gasteiger partial charge in [0.05, 0.1) is 13.2 Å². The Morgan fingerprint density at radius 2 is 0.881 bits per heavy atom. The van der Waals surface area contributed by atoms with E-state index in [1.165, 1.54) is 28.2 Å². The number of nitrogens with one attached hydrogen (secondary N) is 7. The minimum atomic E-state index is -0.656. The second kappa shape index (κ2) is 37.4. The van der Waals surface area contributed by atoms with Crippen LogP contribution in [0.3, 0.4) is 0 Å². The van der Waals surface area contributed by atoms with Gasteiger partial charge in [-0.15, -0.1) is 0 Å². The summed E-state index contributed by atoms with van der Waals surface area (Å²) in [4.78, 5) is 89.0. The van der Waals surface area contributed by atoms with Gasteiger partial charge in [0.25, 0.3) is 0 Å². The third kappa shape index (κ3) is 39.7. The van der Waals surface area contributed by atoms with Crippen LogP contribution in [0.15, 0.2) is 0 Å². The minimum Gasteiger partial charge on any atom is -0.447 e. The summed E-state index contributed by atoms with van der Waals surface area (Å²) in [6.45, 7) is 7.16. The largest absolute Gasteiger partial charge is 0.447 e. The van der Waals surface area contributed by atoms with E-state index in [9.17, 15) is 33.6 Å². The number of ether oxygens (including phenoxy) is 7. The standard InChI is InChI=1S/C20H38N4O9.C15H30N4O7/c1-20(2,3)33-19(28)24-32-12-7-6-10-23-16(25)9-8-11-29-15(13-30-17(26)21-4)14-31-18(27)22-5;1-17-14(21)24-10-12(11-25-15(22)18-2)23-8-5-6-13(20)19-7-3-4-9-26-16/h15H,6-14H2,1-5H3,(H,21,26)(H,22,27)(H,23,25)(H,24,28);12H,3-11,16H2,1-2H3,(H,17,21)(H,18,22)(H,19,20). The Labute approximate surface area is 345 Å². The van der Waals surface area contributed by atoms with Crippen LogP contribution in [-0.2, 0) is 52.4 Å². The van der Waals surface area contributed by atoms with E-state index in [4.69, 9.17) is 43.9 Å². The average molecular weight is 857 g/mol. The molecular weight excluding hydrogens is 788 g/mol. The molecule has 0 saturated heterocycles. The fourth-order valence-electron chi connectivity index (χ4n) is 3.87. The molecule has 0 aliphatic carbocycles. The summed E-state index contributed by atoms with van der Waals surface area (Å²) in [6.07, 6.45) is -0.0820. The lowest BCUT2D eigenvalue weighted by molar-refractivity contribution is -0.122. The van der Waals surface area contributed by atoms with Gasteiger partial charge in [-0.25, -0.2) is 29.9 Å². The number of rotatable bonds is 29. The SMILES string of the molecule is CNC(=O)OCC(COC(=O)NC)OCCCC(=O)NCCCCON.CNC(=O)OCC(COC(=O)NC)OCCCC(=O)NCCCCONC(=O)OC(C)(C)C. The molecule has 59 heavy (non-hydrogen) atoms. The molecule has 0 rings (SSSR count). The molecule has 0 aromatic carbocycles. The van der Waals surface area contributed by atoms with Gasteiger partial charge in [0.1, 0.15) is 44.2 Å². The van der Waals surface area contributed by atoms with E-state index in [0.29, 0.717) is 58.4 Å². The van der Waals surface area contributed by atoms with Crippen molar-refractivity contribution in [1.82, 2.24) is 37.4 Å². The maximum atomic E-state index is 11.9. The lowest BCUT2D eigenvalue weighted by Gasteiger charge is -2.19. The van der Waals surface area contributed by atoms with Gasteiger partial charge in [-0.3, -0.25) is 14.4 Å². The second-order valence-electron chi connectivity index (χ2n) is 13.0. The number of hydrogen-bond acceptors (Lipinski definition) is 17. The van der Waals surface area contributed by atoms with Gasteiger partial charge in [0.2, 0.25) is 11.8 Å². The first-order valence-corrected chi connectivity index (χ1v) is 19.2. The van der Waals surface area contributed by atoms with E-state index in [1.54, 1.807) is 20.8 Å². The Hall–Kier alpha value is -4.91. The monoisotopic (exact) mass is 856 g/mol. The molecule has 0 unspecified atom stereocenters. The summed E-state index contributed by atoms with van der Waals surface area (Å²) in [5.74, 6) is 4.69. The number of carbonyl (C=O) groups is 7. The van der Waals surface area contributed by atoms with Crippen molar-refractivity contribution in [2.45, 2.75) is 89.9 Å². The second-order valence-corrected chi connectivity index (χ2v) is 13.0. The van der Waals surface area contributed by atoms with Crippen molar-refractivity contribution in [2.75, 3.05) is 94.1 Å². The number of carbonyl (C=O) groups excluding carboxylic acids is 7. The van der Waals surface area contributed by atoms with Crippen LogP contribution < -0.4 is 43.3 Å². The molecule has 0 aliphatic heterocycles. The maximum Gasteiger partial charge on any atom is 0.431 e. The lowest BCUT2D eigenvalue weighted by atomic mass is 10.2. The van der Waals surface area contributed by atoms with Gasteiger partial charge in [-0.2, -0.15) is 5.48 Å². The number of alkyl carbamates (subject to hydrolysis) is 4. The molecule has 24 nitrogen and oxygen atoms in total. The first-order valence-electron chi connectivity index (χ1n) is 19.2. The predicted octanol–water partition coefficient (Wildman–Crippen LogP) is 0.867. The van der Waals surface area contributed by atoms with Crippen molar-refractivity contribution < 1.29 is 76.4 Å². The highest BCUT2D eigenvalue weighted by Crippen LogP contribution is 2.06. The Balaban J connectivity index is 0. The number of unbranched alkanes of at least 4 members (excludes halogenated alkanes) is 2. The summed E-state index contributed by atoms with van der Waals surface area (Å²) in [5, 5.41) is 14.8. The summed E-state index contributed by atoms with van der Waals surface area (Å²) in [5.41, 5.74) is 1.60. The quantitative estimate of drug-likeness (QED) is 0.0294. The highest BCUT2D eigenvalue weighted by atomic mass is 16.7. The van der Waals surface area contributed by atoms with Crippen LogP contribution in [-0.4, -0.2) is 154 Å². The Morgan fingerprint density at radius 3 is 1.22 bits per heavy atom. The van der Waals surface area contributed by atoms with Gasteiger partial charge < -0.3 is 69.9 Å². The zero-order valence-electron chi connectivity index (χ0n) is 35.5. The predicted molar refractivity (Wildman–Crippen MR) is 210 cm³/mol. The van der Waals surface area contributed by atoms with Crippen molar-refractivity contribution in [3.8, 4) is 0 Å². The van der Waals surface area contributed by atoms with Gasteiger partial charge in [-0.1, -0.05) is 0 Å². The molecule has 0 aliphatic rings. The Bertz CT molecular complexity index is 1140. The Kier molecular flexibility index (Phi) is 35.6. The van der Waals surface area contributed by atoms with E-state index < -0.39 is 48.3 Å². The van der Waals surface area contributed by atoms with Crippen molar-refractivity contribution in [2.24, 2.45) is 5.90 Å². The maximum absolute atomic E-state index is 11.9. The van der Waals surface area contributed by atoms with Gasteiger partial charge in [-0.05, 0) is 59.3 Å². The van der Waals surface area contributed by atoms with Crippen LogP contribution in [0, 0.1) is 0 Å². The topological polar surface area (TPSA) is 313 Å². The highest BCUT2D eigenvalue weighted by Gasteiger charge is 2.18. The van der Waals surface area contributed by atoms with E-state index >= 15 is 0 Å². The summed E-state index contributed by atoms with van der Waals surface area (Å²) in [6, 6.07) is 0. The lowest BCUT2D eigenvalue weighted by Crippen LogP contribution is -2.33. The molecule has 24 heteroatoms. The zero-order valence-corrected chi connectivity index (χ0v) is 35.5. The molecule has 9 N–H and O–H groups in total. The molecule has 7 amide bonds. The normalized spacial score (nSPS) is 10.6. The third-order valence-corrected chi connectivity index (χ3v) is 6.78. The van der Waals surface area contributed by atoms with Crippen molar-refractivity contribution >= 4 is 42.3 Å². The van der Waals surface area contributed by atoms with Crippen LogP contribution in [0.5, 0.6) is 0 Å². The highest BCUT2D eigenvalue weighted by molar-refractivity contribution is 5.76. The van der Waals surface area contributed by atoms with Gasteiger partial charge in [0, 0.05) is 67.3 Å². The number of hydroxylamine groups is 1. The van der Waals surface area contributed by atoms with Crippen LogP contribution in [0.2, 0.25) is 0 Å². The van der Waals surface area contributed by atoms with E-state index in [2.05, 4.69) is 42.2 Å². The molecule has 344 valence electrons. The molecule has 0 atom stereocenters. The van der Waals surface area contributed by atoms with Gasteiger partial charge >= 0.3 is 30.5 Å². The third-order valence-electron chi connectivity index (χ3n) is 6.78. The summed E-state index contributed by atoms with van der Waals surface area (Å²) < 4.78 is 35.7. The zero-order chi connectivity index (χ0) is 44.7. The summed E-state index contributed by atoms with van der Waals surface area (Å²) >= 11 is 0. The van der Waals surface area contributed by atoms with E-state index in [-0.39, 0.29) is 57.9 Å². The van der Waals surface area contributed by atoms with Crippen molar-refractivity contribution in [1.29, 1.82) is 0 Å². The van der Waals surface area contributed by atoms with E-state index in [0.717, 1.165) is 12.8 Å². The number of hydrogen-bond donors (Lipinski definition) is 8. The smallest absolute Gasteiger partial charge is 0.431 e. The van der Waals surface area contributed by atoms with Crippen LogP contribution in [0.4, 0.5) is 24.0 Å². The fraction of sp³-hybridized carbons (Fsp3) is 0.800. The minimum absolute atomic E-state index is 0.0773. The first-order chi connectivity index (χ1) is 28.1. The van der Waals surface area contributed by atoms with Crippen molar-refractivity contribution in [3.05, 3.63) is 0 Å². The molecule has 0 aromatic heterocycles. The molecule has 0 radical (unpaired) electrons. The fourth-order valence-corrected chi connectivity index (χ4v) is 3.87. The molecule has 0 aromatic rings. The van der Waals surface area contributed by atoms with Crippen LogP contribution in [0.1, 0.15) is 72.1 Å². The molecule has 0 bridgehead atoms. The number of amides is 7. The van der Waals surface area contributed by atoms with Crippen LogP contribution in [0.25, 0.3) is 0 Å². The number of nitrogens with two attached hydrogens (primary N) is 1. The van der Waals surface area contributed by atoms with Crippen molar-refractivity contribution in [3.63, 3.8) is 0 Å². The van der Waals surface area contributed by atoms with Gasteiger partial charge in [0.15, 0.2) is 0 Å². The molecule has 0 heterocycles. The molecular formula is C35H68N8O16. The average Bonchev–Trinajstić information content (AvgIpc) is 3.20. The van der Waals surface area contributed by atoms with Crippen LogP contribution >= 0.6 is 0 Å². The first kappa shape index (κ1) is 56.2. The Morgan fingerprint density at radius 1 is 0.508 bits per heavy atom. The van der Waals surface area contributed by atoms with E-state index in [1.807, 2.05) is 0 Å². The molecule has 0 spiro atoms. The summed E-state index contributed by atoms with van der Waals surface area (Å²) in [7, 11) is 5.71. The molecule has 0 fully saturated rings.